The summed E-state index contributed by atoms with van der Waals surface area (Å²) >= 11 is 13.0. The number of rotatable bonds is 9. The van der Waals surface area contributed by atoms with Crippen molar-refractivity contribution in [1.29, 1.82) is 0 Å². The number of ether oxygens (including phenoxy) is 2. The van der Waals surface area contributed by atoms with Crippen molar-refractivity contribution in [1.82, 2.24) is 20.2 Å². The van der Waals surface area contributed by atoms with Gasteiger partial charge < -0.3 is 18.9 Å². The third kappa shape index (κ3) is 5.42. The topological polar surface area (TPSA) is 136 Å². The third-order valence-electron chi connectivity index (χ3n) is 8.95. The zero-order valence-corrected chi connectivity index (χ0v) is 25.7. The maximum atomic E-state index is 12.6. The summed E-state index contributed by atoms with van der Waals surface area (Å²) in [7, 11) is -3.91. The van der Waals surface area contributed by atoms with Crippen LogP contribution in [0.3, 0.4) is 0 Å². The molecule has 4 heterocycles. The fraction of sp³-hybridized carbons (Fsp3) is 0.483. The van der Waals surface area contributed by atoms with Gasteiger partial charge in [-0.3, -0.25) is 10.1 Å². The summed E-state index contributed by atoms with van der Waals surface area (Å²) in [4.78, 5) is 19.4. The number of benzene rings is 1. The number of hydrogen-bond donors (Lipinski definition) is 2. The molecule has 2 saturated carbocycles. The highest BCUT2D eigenvalue weighted by atomic mass is 35.5. The van der Waals surface area contributed by atoms with Gasteiger partial charge in [0.25, 0.3) is 15.9 Å². The highest BCUT2D eigenvalue weighted by Gasteiger charge is 2.50. The van der Waals surface area contributed by atoms with Crippen molar-refractivity contribution in [3.8, 4) is 11.3 Å². The summed E-state index contributed by atoms with van der Waals surface area (Å²) in [5.41, 5.74) is 2.39. The smallest absolute Gasteiger partial charge is 0.266 e. The fourth-order valence-corrected chi connectivity index (χ4v) is 8.27. The Morgan fingerprint density at radius 2 is 1.98 bits per heavy atom. The molecule has 1 unspecified atom stereocenters. The molecule has 7 rings (SSSR count). The fourth-order valence-electron chi connectivity index (χ4n) is 6.61. The number of piperidine rings is 1. The first-order valence-corrected chi connectivity index (χ1v) is 16.7. The first-order chi connectivity index (χ1) is 20.7. The summed E-state index contributed by atoms with van der Waals surface area (Å²) in [6.07, 6.45) is 5.39. The molecule has 0 spiro atoms. The maximum absolute atomic E-state index is 12.6. The molecule has 2 aliphatic heterocycles. The molecule has 4 fully saturated rings. The van der Waals surface area contributed by atoms with E-state index in [0.717, 1.165) is 42.8 Å². The van der Waals surface area contributed by atoms with Crippen LogP contribution < -0.4 is 14.9 Å². The zero-order valence-electron chi connectivity index (χ0n) is 23.3. The Hall–Kier alpha value is -2.74. The molecule has 14 heteroatoms. The molecule has 2 N–H and O–H groups in total. The molecule has 3 aromatic rings. The second-order valence-corrected chi connectivity index (χ2v) is 14.3. The highest BCUT2D eigenvalue weighted by Crippen LogP contribution is 2.48. The molecule has 2 bridgehead atoms. The van der Waals surface area contributed by atoms with E-state index in [-0.39, 0.29) is 43.0 Å². The lowest BCUT2D eigenvalue weighted by Crippen LogP contribution is -2.45. The van der Waals surface area contributed by atoms with Crippen LogP contribution in [-0.2, 0) is 26.1 Å². The number of pyridine rings is 1. The van der Waals surface area contributed by atoms with Gasteiger partial charge in [-0.05, 0) is 56.9 Å². The largest absolute Gasteiger partial charge is 0.373 e. The minimum absolute atomic E-state index is 0.0164. The molecule has 2 aromatic heterocycles. The van der Waals surface area contributed by atoms with E-state index in [1.807, 2.05) is 0 Å². The normalized spacial score (nSPS) is 26.8. The van der Waals surface area contributed by atoms with Crippen molar-refractivity contribution in [2.24, 2.45) is 5.92 Å². The molecular weight excluding hydrogens is 617 g/mol. The average Bonchev–Trinajstić information content (AvgIpc) is 3.34. The Labute approximate surface area is 259 Å². The van der Waals surface area contributed by atoms with Gasteiger partial charge in [-0.1, -0.05) is 34.4 Å². The van der Waals surface area contributed by atoms with Crippen LogP contribution in [0.2, 0.25) is 10.0 Å². The Morgan fingerprint density at radius 1 is 1.19 bits per heavy atom. The Balaban J connectivity index is 1.02. The second kappa shape index (κ2) is 11.3. The predicted molar refractivity (Wildman–Crippen MR) is 159 cm³/mol. The average molecular weight is 649 g/mol. The number of carbonyl (C=O) groups is 1. The zero-order chi connectivity index (χ0) is 29.9. The van der Waals surface area contributed by atoms with Gasteiger partial charge in [0.05, 0.1) is 41.7 Å². The van der Waals surface area contributed by atoms with Gasteiger partial charge in [0.2, 0.25) is 0 Å². The lowest BCUT2D eigenvalue weighted by Gasteiger charge is -2.38. The Kier molecular flexibility index (Phi) is 7.63. The number of aromatic nitrogens is 2. The first-order valence-electron chi connectivity index (χ1n) is 14.4. The number of halogens is 2. The van der Waals surface area contributed by atoms with E-state index in [4.69, 9.17) is 37.2 Å². The van der Waals surface area contributed by atoms with Crippen molar-refractivity contribution >= 4 is 45.0 Å². The number of nitrogens with one attached hydrogen (secondary N) is 2. The highest BCUT2D eigenvalue weighted by molar-refractivity contribution is 7.90. The van der Waals surface area contributed by atoms with Crippen molar-refractivity contribution in [3.63, 3.8) is 0 Å². The molecule has 5 atom stereocenters. The number of sulfonamides is 1. The van der Waals surface area contributed by atoms with Crippen LogP contribution in [0.4, 0.5) is 5.82 Å². The molecular formula is C29H31Cl2N5O6S. The number of nitrogens with zero attached hydrogens (tertiary/aromatic N) is 3. The second-order valence-electron chi connectivity index (χ2n) is 11.6. The van der Waals surface area contributed by atoms with E-state index < -0.39 is 21.3 Å². The Morgan fingerprint density at radius 3 is 2.63 bits per heavy atom. The van der Waals surface area contributed by atoms with E-state index in [0.29, 0.717) is 33.8 Å². The van der Waals surface area contributed by atoms with Crippen LogP contribution in [0.15, 0.2) is 41.1 Å². The van der Waals surface area contributed by atoms with E-state index in [2.05, 4.69) is 32.0 Å². The van der Waals surface area contributed by atoms with E-state index >= 15 is 0 Å². The number of anilines is 1. The standard InChI is InChI=1S/C29H31Cl2N5O6S/c1-15-19-9-18(36(15)24-8-7-17(11-32-24)29(37)35-43(38,39)25-13-40-14-33-25)10-23(19)41-12-20-27(34-42-28(20)16-5-6-16)26-21(30)3-2-4-22(26)31/h2-4,7-8,11,15-16,18-19,23,25,33H,5-6,9-10,12-14H2,1H3,(H,35,37)/t15-,18+,19+,23-,25?/m0/s1. The van der Waals surface area contributed by atoms with Gasteiger partial charge >= 0.3 is 0 Å². The van der Waals surface area contributed by atoms with E-state index in [9.17, 15) is 13.2 Å². The van der Waals surface area contributed by atoms with E-state index in [1.54, 1.807) is 30.3 Å². The monoisotopic (exact) mass is 647 g/mol. The SMILES string of the molecule is C[C@H]1[C@H]2C[C@H](C[C@@H]2OCc2c(-c3c(Cl)cccc3Cl)noc2C2CC2)N1c1ccc(C(=O)NS(=O)(=O)C2COCN2)cn1. The van der Waals surface area contributed by atoms with Crippen LogP contribution in [0.25, 0.3) is 11.3 Å². The quantitative estimate of drug-likeness (QED) is 0.343. The lowest BCUT2D eigenvalue weighted by atomic mass is 9.97. The molecule has 2 saturated heterocycles. The van der Waals surface area contributed by atoms with Gasteiger partial charge in [0.1, 0.15) is 17.3 Å². The molecule has 228 valence electrons. The molecule has 4 aliphatic rings. The van der Waals surface area contributed by atoms with Crippen LogP contribution in [0, 0.1) is 5.92 Å². The number of carbonyl (C=O) groups excluding carboxylic acids is 1. The first kappa shape index (κ1) is 29.0. The van der Waals surface area contributed by atoms with Crippen molar-refractivity contribution in [2.75, 3.05) is 18.2 Å². The van der Waals surface area contributed by atoms with Gasteiger partial charge in [-0.25, -0.2) is 18.1 Å². The Bertz CT molecular complexity index is 1620. The molecule has 2 aliphatic carbocycles. The van der Waals surface area contributed by atoms with Gasteiger partial charge in [-0.2, -0.15) is 0 Å². The van der Waals surface area contributed by atoms with Crippen molar-refractivity contribution in [3.05, 3.63) is 63.5 Å². The molecule has 0 radical (unpaired) electrons. The van der Waals surface area contributed by atoms with Gasteiger partial charge in [0.15, 0.2) is 5.37 Å². The van der Waals surface area contributed by atoms with E-state index in [1.165, 1.54) is 6.20 Å². The van der Waals surface area contributed by atoms with Crippen LogP contribution >= 0.6 is 23.2 Å². The third-order valence-corrected chi connectivity index (χ3v) is 11.1. The van der Waals surface area contributed by atoms with Crippen molar-refractivity contribution in [2.45, 2.75) is 68.7 Å². The van der Waals surface area contributed by atoms with Crippen LogP contribution in [0.5, 0.6) is 0 Å². The summed E-state index contributed by atoms with van der Waals surface area (Å²) in [6, 6.07) is 9.16. The molecule has 1 amide bonds. The molecule has 1 aromatic carbocycles. The minimum atomic E-state index is -3.91. The maximum Gasteiger partial charge on any atom is 0.266 e. The molecule has 43 heavy (non-hydrogen) atoms. The molecule has 11 nitrogen and oxygen atoms in total. The summed E-state index contributed by atoms with van der Waals surface area (Å²) in [5.74, 6) is 1.51. The number of amides is 1. The number of fused-ring (bicyclic) bond motifs is 2. The minimum Gasteiger partial charge on any atom is -0.373 e. The van der Waals surface area contributed by atoms with Crippen LogP contribution in [0.1, 0.15) is 60.2 Å². The summed E-state index contributed by atoms with van der Waals surface area (Å²) < 4.78 is 44.4. The summed E-state index contributed by atoms with van der Waals surface area (Å²) in [5, 5.41) is 7.14. The van der Waals surface area contributed by atoms with Crippen LogP contribution in [-0.4, -0.2) is 61.4 Å². The number of hydrogen-bond acceptors (Lipinski definition) is 10. The predicted octanol–water partition coefficient (Wildman–Crippen LogP) is 4.46. The van der Waals surface area contributed by atoms with Crippen molar-refractivity contribution < 1.29 is 27.2 Å². The van der Waals surface area contributed by atoms with Gasteiger partial charge in [0, 0.05) is 41.2 Å². The lowest BCUT2D eigenvalue weighted by molar-refractivity contribution is 0.00359. The van der Waals surface area contributed by atoms with Gasteiger partial charge in [-0.15, -0.1) is 0 Å². The summed E-state index contributed by atoms with van der Waals surface area (Å²) in [6.45, 7) is 2.63.